The Morgan fingerprint density at radius 2 is 1.88 bits per heavy atom. The van der Waals surface area contributed by atoms with Gasteiger partial charge in [-0.15, -0.1) is 0 Å². The van der Waals surface area contributed by atoms with Gasteiger partial charge in [0.25, 0.3) is 5.91 Å². The van der Waals surface area contributed by atoms with Crippen molar-refractivity contribution in [1.82, 2.24) is 10.2 Å². The highest BCUT2D eigenvalue weighted by Crippen LogP contribution is 2.31. The van der Waals surface area contributed by atoms with Crippen molar-refractivity contribution in [2.24, 2.45) is 0 Å². The van der Waals surface area contributed by atoms with Crippen LogP contribution in [0.1, 0.15) is 33.3 Å². The third-order valence-electron chi connectivity index (χ3n) is 5.67. The Hall–Kier alpha value is -3.55. The number of carbonyl (C=O) groups excluding carboxylic acids is 3. The van der Waals surface area contributed by atoms with Crippen LogP contribution in [0.5, 0.6) is 5.75 Å². The van der Waals surface area contributed by atoms with Gasteiger partial charge in [0.2, 0.25) is 5.91 Å². The predicted octanol–water partition coefficient (Wildman–Crippen LogP) is 3.34. The quantitative estimate of drug-likeness (QED) is 0.617. The zero-order valence-corrected chi connectivity index (χ0v) is 19.1. The van der Waals surface area contributed by atoms with E-state index in [0.717, 1.165) is 17.1 Å². The Bertz CT molecular complexity index is 1010. The van der Waals surface area contributed by atoms with Crippen LogP contribution in [0.15, 0.2) is 48.5 Å². The number of urea groups is 1. The van der Waals surface area contributed by atoms with Gasteiger partial charge >= 0.3 is 6.03 Å². The van der Waals surface area contributed by atoms with Gasteiger partial charge in [0.05, 0.1) is 7.11 Å². The largest absolute Gasteiger partial charge is 0.497 e. The molecule has 32 heavy (non-hydrogen) atoms. The topological polar surface area (TPSA) is 91.0 Å². The van der Waals surface area contributed by atoms with Gasteiger partial charge in [0.15, 0.2) is 0 Å². The summed E-state index contributed by atoms with van der Waals surface area (Å²) in [5.41, 5.74) is 0.970. The standard InChI is InChI=1S/C24H30N4O4/c1-6-27(16(2)3)19-12-10-18(11-13-19)25-21(29)15-28-22(30)24(4,26-23(28)31)17-8-7-9-20(14-17)32-5/h7-14,16H,6,15H2,1-5H3,(H,25,29)(H,26,31)/t24-/m0/s1. The summed E-state index contributed by atoms with van der Waals surface area (Å²) >= 11 is 0. The molecule has 2 N–H and O–H groups in total. The van der Waals surface area contributed by atoms with Crippen LogP contribution in [0.3, 0.4) is 0 Å². The molecule has 0 spiro atoms. The highest BCUT2D eigenvalue weighted by atomic mass is 16.5. The van der Waals surface area contributed by atoms with Gasteiger partial charge < -0.3 is 20.3 Å². The second kappa shape index (κ2) is 9.30. The van der Waals surface area contributed by atoms with Gasteiger partial charge in [0, 0.05) is 24.0 Å². The minimum absolute atomic E-state index is 0.360. The monoisotopic (exact) mass is 438 g/mol. The molecule has 0 aliphatic carbocycles. The molecule has 1 aliphatic heterocycles. The minimum Gasteiger partial charge on any atom is -0.497 e. The number of imide groups is 1. The van der Waals surface area contributed by atoms with Gasteiger partial charge in [-0.05, 0) is 69.7 Å². The second-order valence-electron chi connectivity index (χ2n) is 8.15. The van der Waals surface area contributed by atoms with Crippen molar-refractivity contribution in [1.29, 1.82) is 0 Å². The molecule has 8 heteroatoms. The van der Waals surface area contributed by atoms with E-state index < -0.39 is 23.4 Å². The van der Waals surface area contributed by atoms with Crippen LogP contribution in [-0.2, 0) is 15.1 Å². The van der Waals surface area contributed by atoms with Gasteiger partial charge in [-0.25, -0.2) is 4.79 Å². The highest BCUT2D eigenvalue weighted by Gasteiger charge is 2.49. The number of carbonyl (C=O) groups is 3. The number of methoxy groups -OCH3 is 1. The van der Waals surface area contributed by atoms with Gasteiger partial charge in [-0.3, -0.25) is 14.5 Å². The van der Waals surface area contributed by atoms with Crippen LogP contribution >= 0.6 is 0 Å². The van der Waals surface area contributed by atoms with E-state index in [-0.39, 0.29) is 6.54 Å². The number of rotatable bonds is 8. The average molecular weight is 439 g/mol. The van der Waals surface area contributed by atoms with Gasteiger partial charge in [-0.1, -0.05) is 12.1 Å². The maximum absolute atomic E-state index is 13.1. The summed E-state index contributed by atoms with van der Waals surface area (Å²) in [4.78, 5) is 41.3. The number of benzene rings is 2. The fourth-order valence-electron chi connectivity index (χ4n) is 3.90. The molecule has 4 amide bonds. The fraction of sp³-hybridized carbons (Fsp3) is 0.375. The van der Waals surface area contributed by atoms with Crippen molar-refractivity contribution in [3.05, 3.63) is 54.1 Å². The zero-order valence-electron chi connectivity index (χ0n) is 19.1. The first-order valence-electron chi connectivity index (χ1n) is 10.6. The summed E-state index contributed by atoms with van der Waals surface area (Å²) in [6, 6.07) is 14.2. The number of amides is 4. The number of hydrogen-bond acceptors (Lipinski definition) is 5. The summed E-state index contributed by atoms with van der Waals surface area (Å²) in [6.07, 6.45) is 0. The lowest BCUT2D eigenvalue weighted by molar-refractivity contribution is -0.133. The van der Waals surface area contributed by atoms with Crippen molar-refractivity contribution in [2.75, 3.05) is 30.4 Å². The number of hydrogen-bond donors (Lipinski definition) is 2. The third-order valence-corrected chi connectivity index (χ3v) is 5.67. The average Bonchev–Trinajstić information content (AvgIpc) is 2.99. The molecule has 2 aromatic carbocycles. The van der Waals surface area contributed by atoms with E-state index in [2.05, 4.69) is 36.3 Å². The molecule has 1 heterocycles. The zero-order chi connectivity index (χ0) is 23.5. The van der Waals surface area contributed by atoms with Crippen LogP contribution in [0.4, 0.5) is 16.2 Å². The Morgan fingerprint density at radius 3 is 2.47 bits per heavy atom. The first-order chi connectivity index (χ1) is 15.2. The molecule has 8 nitrogen and oxygen atoms in total. The van der Waals surface area contributed by atoms with Crippen LogP contribution in [0.2, 0.25) is 0 Å². The van der Waals surface area contributed by atoms with E-state index >= 15 is 0 Å². The second-order valence-corrected chi connectivity index (χ2v) is 8.15. The maximum atomic E-state index is 13.1. The molecule has 0 saturated carbocycles. The summed E-state index contributed by atoms with van der Waals surface area (Å²) in [5, 5.41) is 5.46. The third kappa shape index (κ3) is 4.54. The predicted molar refractivity (Wildman–Crippen MR) is 124 cm³/mol. The molecule has 0 radical (unpaired) electrons. The lowest BCUT2D eigenvalue weighted by atomic mass is 9.92. The number of anilines is 2. The summed E-state index contributed by atoms with van der Waals surface area (Å²) < 4.78 is 5.22. The Morgan fingerprint density at radius 1 is 1.19 bits per heavy atom. The van der Waals surface area contributed by atoms with E-state index in [1.807, 2.05) is 24.3 Å². The maximum Gasteiger partial charge on any atom is 0.325 e. The number of ether oxygens (including phenoxy) is 1. The van der Waals surface area contributed by atoms with Crippen molar-refractivity contribution in [2.45, 2.75) is 39.3 Å². The lowest BCUT2D eigenvalue weighted by Crippen LogP contribution is -2.42. The molecule has 0 aromatic heterocycles. The van der Waals surface area contributed by atoms with Crippen LogP contribution in [0.25, 0.3) is 0 Å². The van der Waals surface area contributed by atoms with E-state index in [1.54, 1.807) is 31.2 Å². The molecule has 2 aromatic rings. The molecule has 0 bridgehead atoms. The van der Waals surface area contributed by atoms with Crippen molar-refractivity contribution < 1.29 is 19.1 Å². The van der Waals surface area contributed by atoms with Crippen molar-refractivity contribution in [3.8, 4) is 5.75 Å². The first-order valence-corrected chi connectivity index (χ1v) is 10.6. The van der Waals surface area contributed by atoms with Crippen LogP contribution < -0.4 is 20.3 Å². The van der Waals surface area contributed by atoms with Crippen LogP contribution in [-0.4, -0.2) is 49.0 Å². The molecular formula is C24H30N4O4. The smallest absolute Gasteiger partial charge is 0.325 e. The Labute approximate surface area is 188 Å². The van der Waals surface area contributed by atoms with Crippen molar-refractivity contribution >= 4 is 29.2 Å². The minimum atomic E-state index is -1.27. The molecule has 0 unspecified atom stereocenters. The Kier molecular flexibility index (Phi) is 6.72. The van der Waals surface area contributed by atoms with Gasteiger partial charge in [-0.2, -0.15) is 0 Å². The normalized spacial score (nSPS) is 18.0. The SMILES string of the molecule is CCN(c1ccc(NC(=O)CN2C(=O)N[C@@](C)(c3cccc(OC)c3)C2=O)cc1)C(C)C. The molecule has 1 aliphatic rings. The molecular weight excluding hydrogens is 408 g/mol. The summed E-state index contributed by atoms with van der Waals surface area (Å²) in [5.74, 6) is -0.367. The van der Waals surface area contributed by atoms with Gasteiger partial charge in [0.1, 0.15) is 17.8 Å². The van der Waals surface area contributed by atoms with Crippen molar-refractivity contribution in [3.63, 3.8) is 0 Å². The van der Waals surface area contributed by atoms with E-state index in [4.69, 9.17) is 4.74 Å². The number of nitrogens with zero attached hydrogens (tertiary/aromatic N) is 2. The van der Waals surface area contributed by atoms with Crippen LogP contribution in [0, 0.1) is 0 Å². The summed E-state index contributed by atoms with van der Waals surface area (Å²) in [6.45, 7) is 8.45. The lowest BCUT2D eigenvalue weighted by Gasteiger charge is -2.27. The molecule has 1 fully saturated rings. The summed E-state index contributed by atoms with van der Waals surface area (Å²) in [7, 11) is 1.53. The Balaban J connectivity index is 1.68. The molecule has 3 rings (SSSR count). The van der Waals surface area contributed by atoms with E-state index in [9.17, 15) is 14.4 Å². The fourth-order valence-corrected chi connectivity index (χ4v) is 3.90. The number of nitrogens with one attached hydrogen (secondary N) is 2. The molecule has 170 valence electrons. The van der Waals surface area contributed by atoms with E-state index in [0.29, 0.717) is 23.0 Å². The molecule has 1 saturated heterocycles. The highest BCUT2D eigenvalue weighted by molar-refractivity contribution is 6.10. The van der Waals surface area contributed by atoms with E-state index in [1.165, 1.54) is 7.11 Å². The molecule has 1 atom stereocenters. The first kappa shape index (κ1) is 23.1.